The fourth-order valence-electron chi connectivity index (χ4n) is 2.34. The molecule has 28 heavy (non-hydrogen) atoms. The first-order valence-corrected chi connectivity index (χ1v) is 9.22. The van der Waals surface area contributed by atoms with Crippen molar-refractivity contribution < 1.29 is 14.2 Å². The number of para-hydroxylation sites is 1. The largest absolute Gasteiger partial charge is 0.492 e. The topological polar surface area (TPSA) is 64.1 Å². The number of benzene rings is 2. The van der Waals surface area contributed by atoms with E-state index in [-0.39, 0.29) is 24.0 Å². The van der Waals surface area contributed by atoms with Crippen LogP contribution >= 0.6 is 24.0 Å². The van der Waals surface area contributed by atoms with E-state index in [9.17, 15) is 0 Å². The third kappa shape index (κ3) is 9.80. The predicted molar refractivity (Wildman–Crippen MR) is 124 cm³/mol. The minimum absolute atomic E-state index is 0. The van der Waals surface area contributed by atoms with Gasteiger partial charge < -0.3 is 24.8 Å². The molecule has 0 bridgehead atoms. The highest BCUT2D eigenvalue weighted by Gasteiger charge is 2.00. The van der Waals surface area contributed by atoms with Crippen LogP contribution in [0.2, 0.25) is 0 Å². The first kappa shape index (κ1) is 24.0. The van der Waals surface area contributed by atoms with E-state index < -0.39 is 0 Å². The molecule has 2 aromatic rings. The first-order valence-electron chi connectivity index (χ1n) is 9.22. The van der Waals surface area contributed by atoms with Gasteiger partial charge in [-0.3, -0.25) is 0 Å². The molecule has 0 unspecified atom stereocenters. The normalized spacial score (nSPS) is 10.7. The van der Waals surface area contributed by atoms with Crippen LogP contribution in [0.1, 0.15) is 12.5 Å². The quantitative estimate of drug-likeness (QED) is 0.215. The molecule has 0 atom stereocenters. The monoisotopic (exact) mass is 499 g/mol. The molecule has 0 fully saturated rings. The average Bonchev–Trinajstić information content (AvgIpc) is 2.70. The summed E-state index contributed by atoms with van der Waals surface area (Å²) in [5.41, 5.74) is 1.09. The number of halogens is 1. The van der Waals surface area contributed by atoms with Gasteiger partial charge in [0.1, 0.15) is 24.7 Å². The van der Waals surface area contributed by atoms with E-state index in [2.05, 4.69) is 15.6 Å². The molecule has 0 aliphatic carbocycles. The molecule has 7 heteroatoms. The third-order valence-electron chi connectivity index (χ3n) is 3.63. The molecule has 154 valence electrons. The van der Waals surface area contributed by atoms with E-state index in [1.54, 1.807) is 7.11 Å². The molecule has 2 aromatic carbocycles. The molecule has 0 heterocycles. The van der Waals surface area contributed by atoms with E-state index in [0.717, 1.165) is 29.6 Å². The van der Waals surface area contributed by atoms with E-state index >= 15 is 0 Å². The van der Waals surface area contributed by atoms with Crippen molar-refractivity contribution in [2.24, 2.45) is 4.99 Å². The van der Waals surface area contributed by atoms with Crippen molar-refractivity contribution in [3.8, 4) is 11.5 Å². The smallest absolute Gasteiger partial charge is 0.191 e. The van der Waals surface area contributed by atoms with E-state index in [0.29, 0.717) is 32.9 Å². The zero-order chi connectivity index (χ0) is 19.2. The minimum Gasteiger partial charge on any atom is -0.492 e. The SMILES string of the molecule is CCNC(=NCc1cccc(OCCOC)c1)NCCOc1ccccc1.I. The Bertz CT molecular complexity index is 684. The number of nitrogens with one attached hydrogen (secondary N) is 2. The van der Waals surface area contributed by atoms with Crippen molar-refractivity contribution >= 4 is 29.9 Å². The van der Waals surface area contributed by atoms with E-state index in [1.807, 2.05) is 61.5 Å². The van der Waals surface area contributed by atoms with Crippen LogP contribution in [0.4, 0.5) is 0 Å². The first-order chi connectivity index (χ1) is 13.3. The van der Waals surface area contributed by atoms with Gasteiger partial charge in [0.25, 0.3) is 0 Å². The van der Waals surface area contributed by atoms with Crippen molar-refractivity contribution in [2.75, 3.05) is 40.0 Å². The lowest BCUT2D eigenvalue weighted by atomic mass is 10.2. The van der Waals surface area contributed by atoms with Gasteiger partial charge in [0.2, 0.25) is 0 Å². The molecule has 0 aliphatic heterocycles. The molecule has 2 rings (SSSR count). The Labute approximate surface area is 184 Å². The number of methoxy groups -OCH3 is 1. The van der Waals surface area contributed by atoms with Crippen LogP contribution in [0.5, 0.6) is 11.5 Å². The summed E-state index contributed by atoms with van der Waals surface area (Å²) >= 11 is 0. The lowest BCUT2D eigenvalue weighted by Gasteiger charge is -2.12. The Balaban J connectivity index is 0.00000392. The Morgan fingerprint density at radius 2 is 1.64 bits per heavy atom. The number of nitrogens with zero attached hydrogens (tertiary/aromatic N) is 1. The summed E-state index contributed by atoms with van der Waals surface area (Å²) in [4.78, 5) is 4.62. The van der Waals surface area contributed by atoms with Crippen LogP contribution in [0.25, 0.3) is 0 Å². The van der Waals surface area contributed by atoms with Gasteiger partial charge >= 0.3 is 0 Å². The highest BCUT2D eigenvalue weighted by molar-refractivity contribution is 14.0. The number of guanidine groups is 1. The molecule has 0 saturated carbocycles. The van der Waals surface area contributed by atoms with Gasteiger partial charge in [-0.05, 0) is 36.8 Å². The van der Waals surface area contributed by atoms with Gasteiger partial charge in [-0.2, -0.15) is 0 Å². The third-order valence-corrected chi connectivity index (χ3v) is 3.63. The molecule has 0 aromatic heterocycles. The maximum absolute atomic E-state index is 5.69. The Kier molecular flexibility index (Phi) is 12.9. The molecule has 0 radical (unpaired) electrons. The Morgan fingerprint density at radius 1 is 0.893 bits per heavy atom. The fraction of sp³-hybridized carbons (Fsp3) is 0.381. The molecular formula is C21H30IN3O3. The maximum atomic E-state index is 5.69. The highest BCUT2D eigenvalue weighted by atomic mass is 127. The number of rotatable bonds is 11. The van der Waals surface area contributed by atoms with Crippen LogP contribution in [-0.2, 0) is 11.3 Å². The fourth-order valence-corrected chi connectivity index (χ4v) is 2.34. The maximum Gasteiger partial charge on any atom is 0.191 e. The minimum atomic E-state index is 0. The summed E-state index contributed by atoms with van der Waals surface area (Å²) in [5.74, 6) is 2.46. The van der Waals surface area contributed by atoms with Crippen LogP contribution in [0.3, 0.4) is 0 Å². The van der Waals surface area contributed by atoms with E-state index in [1.165, 1.54) is 0 Å². The van der Waals surface area contributed by atoms with Gasteiger partial charge in [-0.25, -0.2) is 4.99 Å². The average molecular weight is 499 g/mol. The van der Waals surface area contributed by atoms with Crippen molar-refractivity contribution in [1.29, 1.82) is 0 Å². The van der Waals surface area contributed by atoms with Crippen LogP contribution < -0.4 is 20.1 Å². The lowest BCUT2D eigenvalue weighted by molar-refractivity contribution is 0.146. The lowest BCUT2D eigenvalue weighted by Crippen LogP contribution is -2.39. The van der Waals surface area contributed by atoms with Gasteiger partial charge in [-0.15, -0.1) is 24.0 Å². The van der Waals surface area contributed by atoms with Gasteiger partial charge in [0.05, 0.1) is 19.7 Å². The van der Waals surface area contributed by atoms with Crippen LogP contribution in [0, 0.1) is 0 Å². The molecule has 6 nitrogen and oxygen atoms in total. The molecule has 2 N–H and O–H groups in total. The number of aliphatic imine (C=N–C) groups is 1. The Hall–Kier alpha value is -2.00. The molecular weight excluding hydrogens is 469 g/mol. The standard InChI is InChI=1S/C21H29N3O3.HI/c1-3-22-21(23-12-13-26-19-9-5-4-6-10-19)24-17-18-8-7-11-20(16-18)27-15-14-25-2;/h4-11,16H,3,12-15,17H2,1-2H3,(H2,22,23,24);1H. The second kappa shape index (κ2) is 15.0. The second-order valence-corrected chi connectivity index (χ2v) is 5.77. The van der Waals surface area contributed by atoms with Gasteiger partial charge in [-0.1, -0.05) is 30.3 Å². The summed E-state index contributed by atoms with van der Waals surface area (Å²) in [6.07, 6.45) is 0. The molecule has 0 aliphatic rings. The van der Waals surface area contributed by atoms with Crippen molar-refractivity contribution in [3.63, 3.8) is 0 Å². The number of hydrogen-bond donors (Lipinski definition) is 2. The van der Waals surface area contributed by atoms with Gasteiger partial charge in [0.15, 0.2) is 5.96 Å². The van der Waals surface area contributed by atoms with Crippen molar-refractivity contribution in [2.45, 2.75) is 13.5 Å². The summed E-state index contributed by atoms with van der Waals surface area (Å²) in [6.45, 7) is 5.75. The summed E-state index contributed by atoms with van der Waals surface area (Å²) < 4.78 is 16.3. The van der Waals surface area contributed by atoms with Crippen molar-refractivity contribution in [3.05, 3.63) is 60.2 Å². The zero-order valence-corrected chi connectivity index (χ0v) is 18.8. The summed E-state index contributed by atoms with van der Waals surface area (Å²) in [7, 11) is 1.66. The summed E-state index contributed by atoms with van der Waals surface area (Å²) in [5, 5.41) is 6.53. The van der Waals surface area contributed by atoms with Crippen LogP contribution in [-0.4, -0.2) is 46.0 Å². The van der Waals surface area contributed by atoms with Crippen LogP contribution in [0.15, 0.2) is 59.6 Å². The molecule has 0 saturated heterocycles. The number of ether oxygens (including phenoxy) is 3. The zero-order valence-electron chi connectivity index (χ0n) is 16.5. The predicted octanol–water partition coefficient (Wildman–Crippen LogP) is 3.46. The Morgan fingerprint density at radius 3 is 2.39 bits per heavy atom. The van der Waals surface area contributed by atoms with Gasteiger partial charge in [0, 0.05) is 13.7 Å². The highest BCUT2D eigenvalue weighted by Crippen LogP contribution is 2.14. The number of hydrogen-bond acceptors (Lipinski definition) is 4. The molecule has 0 amide bonds. The molecule has 0 spiro atoms. The van der Waals surface area contributed by atoms with Crippen molar-refractivity contribution in [1.82, 2.24) is 10.6 Å². The second-order valence-electron chi connectivity index (χ2n) is 5.77. The summed E-state index contributed by atoms with van der Waals surface area (Å²) in [6, 6.07) is 17.7. The van der Waals surface area contributed by atoms with E-state index in [4.69, 9.17) is 14.2 Å².